The smallest absolute Gasteiger partial charge is 0.348 e. The van der Waals surface area contributed by atoms with E-state index in [2.05, 4.69) is 10.1 Å². The van der Waals surface area contributed by atoms with E-state index in [1.807, 2.05) is 25.2 Å². The van der Waals surface area contributed by atoms with Gasteiger partial charge in [-0.05, 0) is 32.0 Å². The van der Waals surface area contributed by atoms with Crippen LogP contribution >= 0.6 is 0 Å². The van der Waals surface area contributed by atoms with Crippen molar-refractivity contribution in [2.24, 2.45) is 12.0 Å². The standard InChI is InChI=1S/C16H15N3O3/c1-9-6-14(20)15(16(21)22-9)10(2)18-12-4-5-13-11(7-12)8-17-19(13)3/h4-8,20H,1-3H3. The fourth-order valence-electron chi connectivity index (χ4n) is 2.40. The zero-order valence-electron chi connectivity index (χ0n) is 12.5. The monoisotopic (exact) mass is 297 g/mol. The van der Waals surface area contributed by atoms with Crippen LogP contribution in [0, 0.1) is 6.92 Å². The highest BCUT2D eigenvalue weighted by molar-refractivity contribution is 6.02. The van der Waals surface area contributed by atoms with Gasteiger partial charge in [0.25, 0.3) is 0 Å². The van der Waals surface area contributed by atoms with Crippen LogP contribution in [-0.2, 0) is 7.05 Å². The molecule has 0 saturated heterocycles. The molecule has 0 radical (unpaired) electrons. The number of aliphatic imine (C=N–C) groups is 1. The van der Waals surface area contributed by atoms with Gasteiger partial charge in [-0.25, -0.2) is 4.79 Å². The molecule has 22 heavy (non-hydrogen) atoms. The summed E-state index contributed by atoms with van der Waals surface area (Å²) in [6.45, 7) is 3.27. The summed E-state index contributed by atoms with van der Waals surface area (Å²) in [5.41, 5.74) is 1.55. The average molecular weight is 297 g/mol. The quantitative estimate of drug-likeness (QED) is 0.737. The Morgan fingerprint density at radius 2 is 2.14 bits per heavy atom. The SMILES string of the molecule is CC(=Nc1ccc2c(cnn2C)c1)c1c(O)cc(C)oc1=O. The van der Waals surface area contributed by atoms with Gasteiger partial charge in [-0.3, -0.25) is 9.67 Å². The number of fused-ring (bicyclic) bond motifs is 1. The third-order valence-corrected chi connectivity index (χ3v) is 3.44. The third kappa shape index (κ3) is 2.39. The maximum atomic E-state index is 11.9. The second kappa shape index (κ2) is 5.14. The number of benzene rings is 1. The molecule has 6 heteroatoms. The van der Waals surface area contributed by atoms with E-state index in [-0.39, 0.29) is 11.3 Å². The van der Waals surface area contributed by atoms with Crippen molar-refractivity contribution < 1.29 is 9.52 Å². The summed E-state index contributed by atoms with van der Waals surface area (Å²) in [5.74, 6) is 0.230. The van der Waals surface area contributed by atoms with E-state index in [9.17, 15) is 9.90 Å². The van der Waals surface area contributed by atoms with Crippen LogP contribution in [0.2, 0.25) is 0 Å². The van der Waals surface area contributed by atoms with E-state index in [1.165, 1.54) is 6.07 Å². The summed E-state index contributed by atoms with van der Waals surface area (Å²) < 4.78 is 6.79. The number of aryl methyl sites for hydroxylation is 2. The van der Waals surface area contributed by atoms with Crippen LogP contribution in [0.5, 0.6) is 5.75 Å². The summed E-state index contributed by atoms with van der Waals surface area (Å²) in [6, 6.07) is 7.02. The average Bonchev–Trinajstić information content (AvgIpc) is 2.78. The molecule has 0 atom stereocenters. The number of hydrogen-bond donors (Lipinski definition) is 1. The molecule has 0 aliphatic carbocycles. The lowest BCUT2D eigenvalue weighted by atomic mass is 10.1. The molecular formula is C16H15N3O3. The van der Waals surface area contributed by atoms with Crippen molar-refractivity contribution in [3.63, 3.8) is 0 Å². The lowest BCUT2D eigenvalue weighted by Gasteiger charge is -2.04. The van der Waals surface area contributed by atoms with Crippen LogP contribution in [-0.4, -0.2) is 20.6 Å². The predicted octanol–water partition coefficient (Wildman–Crippen LogP) is 2.68. The molecule has 2 aromatic heterocycles. The number of aromatic nitrogens is 2. The van der Waals surface area contributed by atoms with E-state index in [4.69, 9.17) is 4.42 Å². The Hall–Kier alpha value is -2.89. The molecule has 0 saturated carbocycles. The predicted molar refractivity (Wildman–Crippen MR) is 84.0 cm³/mol. The first-order valence-corrected chi connectivity index (χ1v) is 6.77. The Morgan fingerprint density at radius 3 is 2.86 bits per heavy atom. The molecule has 3 rings (SSSR count). The fourth-order valence-corrected chi connectivity index (χ4v) is 2.40. The minimum atomic E-state index is -0.596. The second-order valence-electron chi connectivity index (χ2n) is 5.11. The first-order chi connectivity index (χ1) is 10.5. The Labute approximate surface area is 126 Å². The minimum Gasteiger partial charge on any atom is -0.507 e. The molecule has 112 valence electrons. The van der Waals surface area contributed by atoms with Gasteiger partial charge in [0, 0.05) is 18.5 Å². The molecule has 3 aromatic rings. The lowest BCUT2D eigenvalue weighted by molar-refractivity contribution is 0.432. The van der Waals surface area contributed by atoms with E-state index in [0.29, 0.717) is 17.2 Å². The summed E-state index contributed by atoms with van der Waals surface area (Å²) in [5, 5.41) is 15.1. The molecule has 1 aromatic carbocycles. The van der Waals surface area contributed by atoms with E-state index in [1.54, 1.807) is 24.7 Å². The highest BCUT2D eigenvalue weighted by Crippen LogP contribution is 2.23. The lowest BCUT2D eigenvalue weighted by Crippen LogP contribution is -2.12. The van der Waals surface area contributed by atoms with Crippen molar-refractivity contribution in [3.8, 4) is 5.75 Å². The first-order valence-electron chi connectivity index (χ1n) is 6.77. The van der Waals surface area contributed by atoms with Gasteiger partial charge in [0.1, 0.15) is 17.1 Å². The third-order valence-electron chi connectivity index (χ3n) is 3.44. The van der Waals surface area contributed by atoms with E-state index < -0.39 is 5.63 Å². The number of rotatable bonds is 2. The molecule has 1 N–H and O–H groups in total. The first kappa shape index (κ1) is 14.1. The molecule has 0 fully saturated rings. The van der Waals surface area contributed by atoms with Crippen molar-refractivity contribution >= 4 is 22.3 Å². The topological polar surface area (TPSA) is 80.6 Å². The zero-order chi connectivity index (χ0) is 15.9. The summed E-state index contributed by atoms with van der Waals surface area (Å²) in [7, 11) is 1.87. The summed E-state index contributed by atoms with van der Waals surface area (Å²) >= 11 is 0. The molecular weight excluding hydrogens is 282 g/mol. The van der Waals surface area contributed by atoms with Crippen LogP contribution in [0.15, 0.2) is 44.7 Å². The van der Waals surface area contributed by atoms with Gasteiger partial charge in [0.15, 0.2) is 0 Å². The molecule has 2 heterocycles. The van der Waals surface area contributed by atoms with Crippen LogP contribution in [0.3, 0.4) is 0 Å². The summed E-state index contributed by atoms with van der Waals surface area (Å²) in [4.78, 5) is 16.3. The zero-order valence-corrected chi connectivity index (χ0v) is 12.5. The fraction of sp³-hybridized carbons (Fsp3) is 0.188. The van der Waals surface area contributed by atoms with Gasteiger partial charge >= 0.3 is 5.63 Å². The van der Waals surface area contributed by atoms with Crippen molar-refractivity contribution in [3.05, 3.63) is 52.2 Å². The number of hydrogen-bond acceptors (Lipinski definition) is 5. The number of nitrogens with zero attached hydrogens (tertiary/aromatic N) is 3. The Kier molecular flexibility index (Phi) is 3.29. The maximum Gasteiger partial charge on any atom is 0.348 e. The normalized spacial score (nSPS) is 12.0. The minimum absolute atomic E-state index is 0.0804. The van der Waals surface area contributed by atoms with Gasteiger partial charge < -0.3 is 9.52 Å². The molecule has 0 aliphatic heterocycles. The van der Waals surface area contributed by atoms with E-state index in [0.717, 1.165) is 10.9 Å². The van der Waals surface area contributed by atoms with Crippen LogP contribution in [0.25, 0.3) is 10.9 Å². The second-order valence-corrected chi connectivity index (χ2v) is 5.11. The largest absolute Gasteiger partial charge is 0.507 e. The van der Waals surface area contributed by atoms with Crippen molar-refractivity contribution in [1.29, 1.82) is 0 Å². The van der Waals surface area contributed by atoms with Crippen molar-refractivity contribution in [1.82, 2.24) is 9.78 Å². The molecule has 0 bridgehead atoms. The molecule has 0 aliphatic rings. The Morgan fingerprint density at radius 1 is 1.36 bits per heavy atom. The molecule has 0 unspecified atom stereocenters. The van der Waals surface area contributed by atoms with Gasteiger partial charge in [-0.1, -0.05) is 0 Å². The van der Waals surface area contributed by atoms with Crippen molar-refractivity contribution in [2.45, 2.75) is 13.8 Å². The van der Waals surface area contributed by atoms with Gasteiger partial charge in [0.2, 0.25) is 0 Å². The Bertz CT molecular complexity index is 951. The van der Waals surface area contributed by atoms with Crippen LogP contribution in [0.4, 0.5) is 5.69 Å². The number of aromatic hydroxyl groups is 1. The van der Waals surface area contributed by atoms with Crippen LogP contribution < -0.4 is 5.63 Å². The molecule has 0 amide bonds. The highest BCUT2D eigenvalue weighted by Gasteiger charge is 2.13. The molecule has 0 spiro atoms. The maximum absolute atomic E-state index is 11.9. The van der Waals surface area contributed by atoms with Gasteiger partial charge in [0.05, 0.1) is 23.1 Å². The van der Waals surface area contributed by atoms with Gasteiger partial charge in [-0.15, -0.1) is 0 Å². The van der Waals surface area contributed by atoms with Gasteiger partial charge in [-0.2, -0.15) is 5.10 Å². The summed E-state index contributed by atoms with van der Waals surface area (Å²) in [6.07, 6.45) is 1.75. The molecule has 6 nitrogen and oxygen atoms in total. The Balaban J connectivity index is 2.08. The van der Waals surface area contributed by atoms with E-state index >= 15 is 0 Å². The van der Waals surface area contributed by atoms with Crippen LogP contribution in [0.1, 0.15) is 18.2 Å². The van der Waals surface area contributed by atoms with Crippen molar-refractivity contribution in [2.75, 3.05) is 0 Å². The highest BCUT2D eigenvalue weighted by atomic mass is 16.4.